The molecule has 0 aliphatic heterocycles. The molecule has 0 saturated carbocycles. The van der Waals surface area contributed by atoms with Gasteiger partial charge in [0.15, 0.2) is 0 Å². The van der Waals surface area contributed by atoms with Crippen molar-refractivity contribution >= 4 is 40.9 Å². The normalized spacial score (nSPS) is 11.6. The SMILES string of the molecule is C[C@@H](Nc1cc(-n2ccnc2)nc(NCc2cccc(Cl)c2)n1)C(=O)NCc1ccc(Cl)cc1. The summed E-state index contributed by atoms with van der Waals surface area (Å²) in [7, 11) is 0. The summed E-state index contributed by atoms with van der Waals surface area (Å²) in [6, 6.07) is 16.1. The van der Waals surface area contributed by atoms with Gasteiger partial charge in [0.2, 0.25) is 11.9 Å². The number of amides is 1. The third kappa shape index (κ3) is 6.46. The van der Waals surface area contributed by atoms with Crippen LogP contribution in [0.25, 0.3) is 5.82 Å². The molecule has 34 heavy (non-hydrogen) atoms. The fraction of sp³-hybridized carbons (Fsp3) is 0.167. The topological polar surface area (TPSA) is 96.8 Å². The Bertz CT molecular complexity index is 1250. The monoisotopic (exact) mass is 495 g/mol. The second-order valence-corrected chi connectivity index (χ2v) is 8.47. The van der Waals surface area contributed by atoms with Crippen molar-refractivity contribution in [2.24, 2.45) is 0 Å². The summed E-state index contributed by atoms with van der Waals surface area (Å²) in [5, 5.41) is 10.6. The van der Waals surface area contributed by atoms with Crippen LogP contribution in [0.2, 0.25) is 10.0 Å². The standard InChI is InChI=1S/C24H23Cl2N7O/c1-16(23(34)28-13-17-5-7-19(25)8-6-17)30-21-12-22(33-10-9-27-15-33)32-24(31-21)29-14-18-3-2-4-20(26)11-18/h2-12,15-16H,13-14H2,1H3,(H,28,34)(H2,29,30,31,32)/t16-/m1/s1. The minimum Gasteiger partial charge on any atom is -0.358 e. The minimum absolute atomic E-state index is 0.161. The van der Waals surface area contributed by atoms with Gasteiger partial charge in [-0.15, -0.1) is 0 Å². The number of nitrogens with zero attached hydrogens (tertiary/aromatic N) is 4. The predicted octanol–water partition coefficient (Wildman–Crippen LogP) is 4.70. The molecule has 4 aromatic rings. The maximum Gasteiger partial charge on any atom is 0.242 e. The third-order valence-corrected chi connectivity index (χ3v) is 5.45. The van der Waals surface area contributed by atoms with Crippen LogP contribution in [-0.4, -0.2) is 31.5 Å². The predicted molar refractivity (Wildman–Crippen MR) is 134 cm³/mol. The first-order valence-corrected chi connectivity index (χ1v) is 11.4. The summed E-state index contributed by atoms with van der Waals surface area (Å²) in [6.07, 6.45) is 5.10. The molecule has 2 heterocycles. The van der Waals surface area contributed by atoms with Gasteiger partial charge in [0.25, 0.3) is 0 Å². The van der Waals surface area contributed by atoms with Crippen LogP contribution in [-0.2, 0) is 17.9 Å². The van der Waals surface area contributed by atoms with Gasteiger partial charge in [-0.1, -0.05) is 47.5 Å². The lowest BCUT2D eigenvalue weighted by Gasteiger charge is -2.16. The summed E-state index contributed by atoms with van der Waals surface area (Å²) in [5.41, 5.74) is 1.95. The Morgan fingerprint density at radius 3 is 2.56 bits per heavy atom. The molecule has 10 heteroatoms. The number of hydrogen-bond acceptors (Lipinski definition) is 6. The van der Waals surface area contributed by atoms with E-state index >= 15 is 0 Å². The molecule has 0 aliphatic rings. The number of anilines is 2. The van der Waals surface area contributed by atoms with E-state index in [1.807, 2.05) is 36.4 Å². The van der Waals surface area contributed by atoms with Crippen LogP contribution < -0.4 is 16.0 Å². The number of halogens is 2. The van der Waals surface area contributed by atoms with Crippen LogP contribution in [0.15, 0.2) is 73.3 Å². The summed E-state index contributed by atoms with van der Waals surface area (Å²) in [4.78, 5) is 25.8. The molecule has 3 N–H and O–H groups in total. The minimum atomic E-state index is -0.529. The maximum absolute atomic E-state index is 12.6. The van der Waals surface area contributed by atoms with Gasteiger partial charge >= 0.3 is 0 Å². The summed E-state index contributed by atoms with van der Waals surface area (Å²) < 4.78 is 1.77. The molecule has 4 rings (SSSR count). The van der Waals surface area contributed by atoms with E-state index < -0.39 is 6.04 Å². The molecule has 0 saturated heterocycles. The van der Waals surface area contributed by atoms with Gasteiger partial charge < -0.3 is 16.0 Å². The molecular weight excluding hydrogens is 473 g/mol. The van der Waals surface area contributed by atoms with E-state index in [9.17, 15) is 4.79 Å². The molecule has 0 spiro atoms. The Hall–Kier alpha value is -3.62. The van der Waals surface area contributed by atoms with Crippen molar-refractivity contribution in [1.29, 1.82) is 0 Å². The fourth-order valence-corrected chi connectivity index (χ4v) is 3.51. The lowest BCUT2D eigenvalue weighted by atomic mass is 10.2. The van der Waals surface area contributed by atoms with Crippen LogP contribution in [0.3, 0.4) is 0 Å². The van der Waals surface area contributed by atoms with E-state index in [-0.39, 0.29) is 5.91 Å². The number of imidazole rings is 1. The van der Waals surface area contributed by atoms with Crippen molar-refractivity contribution in [2.45, 2.75) is 26.1 Å². The van der Waals surface area contributed by atoms with Gasteiger partial charge in [0.05, 0.1) is 0 Å². The summed E-state index contributed by atoms with van der Waals surface area (Å²) in [6.45, 7) is 2.66. The highest BCUT2D eigenvalue weighted by molar-refractivity contribution is 6.30. The maximum atomic E-state index is 12.6. The number of aromatic nitrogens is 4. The quantitative estimate of drug-likeness (QED) is 0.311. The second-order valence-electron chi connectivity index (χ2n) is 7.60. The number of nitrogens with one attached hydrogen (secondary N) is 3. The van der Waals surface area contributed by atoms with Crippen LogP contribution in [0.5, 0.6) is 0 Å². The molecular formula is C24H23Cl2N7O. The number of rotatable bonds is 9. The average Bonchev–Trinajstić information content (AvgIpc) is 3.37. The number of benzene rings is 2. The molecule has 1 atom stereocenters. The molecule has 174 valence electrons. The van der Waals surface area contributed by atoms with Gasteiger partial charge in [-0.2, -0.15) is 9.97 Å². The first kappa shape index (κ1) is 23.5. The second kappa shape index (κ2) is 11.0. The largest absolute Gasteiger partial charge is 0.358 e. The highest BCUT2D eigenvalue weighted by atomic mass is 35.5. The van der Waals surface area contributed by atoms with Crippen LogP contribution >= 0.6 is 23.2 Å². The Morgan fingerprint density at radius 1 is 1.00 bits per heavy atom. The highest BCUT2D eigenvalue weighted by Gasteiger charge is 2.15. The molecule has 0 unspecified atom stereocenters. The fourth-order valence-electron chi connectivity index (χ4n) is 3.17. The lowest BCUT2D eigenvalue weighted by Crippen LogP contribution is -2.37. The summed E-state index contributed by atoms with van der Waals surface area (Å²) >= 11 is 12.0. The van der Waals surface area contributed by atoms with E-state index in [1.54, 1.807) is 48.4 Å². The van der Waals surface area contributed by atoms with Crippen molar-refractivity contribution in [2.75, 3.05) is 10.6 Å². The van der Waals surface area contributed by atoms with E-state index in [0.29, 0.717) is 40.7 Å². The van der Waals surface area contributed by atoms with Crippen molar-refractivity contribution < 1.29 is 4.79 Å². The molecule has 0 bridgehead atoms. The zero-order chi connectivity index (χ0) is 23.9. The Labute approximate surface area is 207 Å². The summed E-state index contributed by atoms with van der Waals surface area (Å²) in [5.74, 6) is 1.35. The van der Waals surface area contributed by atoms with Crippen LogP contribution in [0, 0.1) is 0 Å². The molecule has 0 fully saturated rings. The Morgan fingerprint density at radius 2 is 1.82 bits per heavy atom. The lowest BCUT2D eigenvalue weighted by molar-refractivity contribution is -0.121. The molecule has 2 aromatic carbocycles. The first-order chi connectivity index (χ1) is 16.5. The van der Waals surface area contributed by atoms with Crippen molar-refractivity contribution in [3.63, 3.8) is 0 Å². The third-order valence-electron chi connectivity index (χ3n) is 4.96. The Kier molecular flexibility index (Phi) is 7.61. The van der Waals surface area contributed by atoms with Crippen molar-refractivity contribution in [3.05, 3.63) is 94.5 Å². The average molecular weight is 496 g/mol. The molecule has 0 radical (unpaired) electrons. The number of carbonyl (C=O) groups is 1. The van der Waals surface area contributed by atoms with Gasteiger partial charge in [-0.25, -0.2) is 4.98 Å². The highest BCUT2D eigenvalue weighted by Crippen LogP contribution is 2.17. The van der Waals surface area contributed by atoms with Gasteiger partial charge in [0, 0.05) is 41.6 Å². The van der Waals surface area contributed by atoms with Crippen LogP contribution in [0.4, 0.5) is 11.8 Å². The van der Waals surface area contributed by atoms with Gasteiger partial charge in [-0.05, 0) is 42.3 Å². The zero-order valence-corrected chi connectivity index (χ0v) is 19.9. The molecule has 2 aromatic heterocycles. The Balaban J connectivity index is 1.45. The van der Waals surface area contributed by atoms with E-state index in [2.05, 4.69) is 30.9 Å². The molecule has 1 amide bonds. The number of hydrogen-bond donors (Lipinski definition) is 3. The molecule has 0 aliphatic carbocycles. The van der Waals surface area contributed by atoms with E-state index in [4.69, 9.17) is 23.2 Å². The smallest absolute Gasteiger partial charge is 0.242 e. The van der Waals surface area contributed by atoms with Crippen LogP contribution in [0.1, 0.15) is 18.1 Å². The van der Waals surface area contributed by atoms with E-state index in [1.165, 1.54) is 0 Å². The van der Waals surface area contributed by atoms with E-state index in [0.717, 1.165) is 11.1 Å². The first-order valence-electron chi connectivity index (χ1n) is 10.6. The van der Waals surface area contributed by atoms with Gasteiger partial charge in [0.1, 0.15) is 24.0 Å². The number of carbonyl (C=O) groups excluding carboxylic acids is 1. The van der Waals surface area contributed by atoms with Crippen molar-refractivity contribution in [1.82, 2.24) is 24.8 Å². The van der Waals surface area contributed by atoms with Crippen molar-refractivity contribution in [3.8, 4) is 5.82 Å². The zero-order valence-electron chi connectivity index (χ0n) is 18.4. The molecule has 8 nitrogen and oxygen atoms in total. The van der Waals surface area contributed by atoms with Gasteiger partial charge in [-0.3, -0.25) is 9.36 Å².